The number of aryl methyl sites for hydroxylation is 2. The Hall–Kier alpha value is -2.13. The van der Waals surface area contributed by atoms with Crippen LogP contribution in [0.2, 0.25) is 0 Å². The molecule has 2 aliphatic heterocycles. The molecule has 130 valence electrons. The third-order valence-corrected chi connectivity index (χ3v) is 5.54. The minimum absolute atomic E-state index is 0.638. The zero-order valence-electron chi connectivity index (χ0n) is 15.2. The lowest BCUT2D eigenvalue weighted by atomic mass is 9.98. The molecule has 0 aromatic heterocycles. The van der Waals surface area contributed by atoms with Crippen molar-refractivity contribution in [1.82, 2.24) is 0 Å². The van der Waals surface area contributed by atoms with E-state index in [0.717, 1.165) is 24.2 Å². The largest absolute Gasteiger partial charge is 0.346 e. The molecule has 0 saturated carbocycles. The van der Waals surface area contributed by atoms with Gasteiger partial charge in [0.25, 0.3) is 11.6 Å². The molecule has 0 amide bonds. The van der Waals surface area contributed by atoms with E-state index in [9.17, 15) is 5.11 Å². The van der Waals surface area contributed by atoms with Crippen molar-refractivity contribution in [2.75, 3.05) is 18.0 Å². The second-order valence-electron chi connectivity index (χ2n) is 7.50. The van der Waals surface area contributed by atoms with Crippen LogP contribution in [0.1, 0.15) is 42.4 Å². The third kappa shape index (κ3) is 2.87. The van der Waals surface area contributed by atoms with E-state index in [1.807, 2.05) is 0 Å². The van der Waals surface area contributed by atoms with Crippen LogP contribution in [0, 0.1) is 13.8 Å². The van der Waals surface area contributed by atoms with Gasteiger partial charge >= 0.3 is 0 Å². The van der Waals surface area contributed by atoms with Crippen LogP contribution in [-0.4, -0.2) is 28.6 Å². The first kappa shape index (κ1) is 16.3. The fourth-order valence-electron chi connectivity index (χ4n) is 4.12. The molecular weight excluding hydrogens is 308 g/mol. The van der Waals surface area contributed by atoms with Gasteiger partial charge in [0.15, 0.2) is 6.54 Å². The highest BCUT2D eigenvalue weighted by Crippen LogP contribution is 2.37. The first-order chi connectivity index (χ1) is 12.1. The molecule has 4 rings (SSSR count). The predicted octanol–water partition coefficient (Wildman–Crippen LogP) is 3.95. The van der Waals surface area contributed by atoms with E-state index in [1.54, 1.807) is 0 Å². The Bertz CT molecular complexity index is 792. The van der Waals surface area contributed by atoms with Gasteiger partial charge in [-0.1, -0.05) is 47.5 Å². The Morgan fingerprint density at radius 1 is 0.880 bits per heavy atom. The molecule has 0 unspecified atom stereocenters. The normalized spacial score (nSPS) is 23.6. The lowest BCUT2D eigenvalue weighted by molar-refractivity contribution is -0.534. The highest BCUT2D eigenvalue weighted by molar-refractivity contribution is 5.97. The van der Waals surface area contributed by atoms with Crippen LogP contribution >= 0.6 is 0 Å². The Morgan fingerprint density at radius 3 is 2.20 bits per heavy atom. The summed E-state index contributed by atoms with van der Waals surface area (Å²) in [5.74, 6) is 1.27. The van der Waals surface area contributed by atoms with Crippen LogP contribution < -0.4 is 4.90 Å². The van der Waals surface area contributed by atoms with E-state index in [2.05, 4.69) is 71.9 Å². The van der Waals surface area contributed by atoms with Crippen LogP contribution in [0.4, 0.5) is 5.69 Å². The molecule has 0 fully saturated rings. The molecule has 0 spiro atoms. The van der Waals surface area contributed by atoms with Crippen LogP contribution in [0.5, 0.6) is 0 Å². The minimum atomic E-state index is -1.00. The monoisotopic (exact) mass is 335 g/mol. The van der Waals surface area contributed by atoms with E-state index in [4.69, 9.17) is 0 Å². The molecule has 0 bridgehead atoms. The molecule has 0 radical (unpaired) electrons. The second-order valence-corrected chi connectivity index (χ2v) is 7.50. The highest BCUT2D eigenvalue weighted by atomic mass is 16.3. The summed E-state index contributed by atoms with van der Waals surface area (Å²) in [7, 11) is 0. The molecule has 0 saturated heterocycles. The van der Waals surface area contributed by atoms with Gasteiger partial charge in [0.1, 0.15) is 5.69 Å². The highest BCUT2D eigenvalue weighted by Gasteiger charge is 2.53. The number of hydrogen-bond acceptors (Lipinski definition) is 2. The van der Waals surface area contributed by atoms with Crippen molar-refractivity contribution in [3.63, 3.8) is 0 Å². The average Bonchev–Trinajstić information content (AvgIpc) is 2.74. The summed E-state index contributed by atoms with van der Waals surface area (Å²) >= 11 is 0. The van der Waals surface area contributed by atoms with E-state index in [1.165, 1.54) is 36.2 Å². The van der Waals surface area contributed by atoms with Gasteiger partial charge in [-0.3, -0.25) is 4.58 Å². The summed E-state index contributed by atoms with van der Waals surface area (Å²) in [5, 5.41) is 11.8. The fourth-order valence-corrected chi connectivity index (χ4v) is 4.12. The first-order valence-corrected chi connectivity index (χ1v) is 9.35. The van der Waals surface area contributed by atoms with E-state index < -0.39 is 5.72 Å². The number of rotatable bonds is 2. The van der Waals surface area contributed by atoms with Crippen molar-refractivity contribution in [2.45, 2.75) is 45.3 Å². The molecule has 3 heteroatoms. The quantitative estimate of drug-likeness (QED) is 0.841. The summed E-state index contributed by atoms with van der Waals surface area (Å²) < 4.78 is 2.40. The van der Waals surface area contributed by atoms with E-state index in [0.29, 0.717) is 6.54 Å². The molecule has 2 aromatic carbocycles. The maximum atomic E-state index is 11.8. The van der Waals surface area contributed by atoms with Crippen LogP contribution in [0.25, 0.3) is 0 Å². The van der Waals surface area contributed by atoms with Gasteiger partial charge in [0.2, 0.25) is 0 Å². The van der Waals surface area contributed by atoms with Gasteiger partial charge in [-0.2, -0.15) is 4.90 Å². The predicted molar refractivity (Wildman–Crippen MR) is 102 cm³/mol. The summed E-state index contributed by atoms with van der Waals surface area (Å²) in [4.78, 5) is 2.18. The molecule has 3 nitrogen and oxygen atoms in total. The lowest BCUT2D eigenvalue weighted by Gasteiger charge is -2.29. The van der Waals surface area contributed by atoms with Gasteiger partial charge in [-0.05, 0) is 45.2 Å². The number of hydrogen-bond donors (Lipinski definition) is 1. The van der Waals surface area contributed by atoms with Gasteiger partial charge in [-0.25, -0.2) is 0 Å². The molecule has 1 N–H and O–H groups in total. The number of nitrogens with zero attached hydrogens (tertiary/aromatic N) is 2. The topological polar surface area (TPSA) is 26.5 Å². The standard InChI is InChI=1S/C22H27N2O/c1-17-7-11-19(12-8-17)22(25)16-23-15-5-3-4-6-21(23)24(22)20-13-9-18(2)10-14-20/h7-14,25H,3-6,15-16H2,1-2H3/q+1/t22-/m0/s1. The summed E-state index contributed by atoms with van der Waals surface area (Å²) in [6, 6.07) is 16.9. The molecule has 2 aromatic rings. The van der Waals surface area contributed by atoms with Crippen LogP contribution in [-0.2, 0) is 5.72 Å². The maximum absolute atomic E-state index is 11.8. The zero-order chi connectivity index (χ0) is 17.4. The minimum Gasteiger partial charge on any atom is -0.346 e. The van der Waals surface area contributed by atoms with Crippen molar-refractivity contribution in [3.8, 4) is 0 Å². The molecule has 25 heavy (non-hydrogen) atoms. The zero-order valence-corrected chi connectivity index (χ0v) is 15.2. The average molecular weight is 335 g/mol. The molecule has 1 atom stereocenters. The van der Waals surface area contributed by atoms with E-state index >= 15 is 0 Å². The van der Waals surface area contributed by atoms with Crippen LogP contribution in [0.15, 0.2) is 48.5 Å². The van der Waals surface area contributed by atoms with Gasteiger partial charge in [0, 0.05) is 12.0 Å². The van der Waals surface area contributed by atoms with Gasteiger partial charge < -0.3 is 5.11 Å². The van der Waals surface area contributed by atoms with Crippen molar-refractivity contribution < 1.29 is 9.68 Å². The van der Waals surface area contributed by atoms with Crippen molar-refractivity contribution in [2.24, 2.45) is 0 Å². The van der Waals surface area contributed by atoms with Crippen LogP contribution in [0.3, 0.4) is 0 Å². The molecular formula is C22H27N2O+. The van der Waals surface area contributed by atoms with Gasteiger partial charge in [0.05, 0.1) is 6.54 Å². The maximum Gasteiger partial charge on any atom is 0.275 e. The Balaban J connectivity index is 1.83. The number of amidine groups is 1. The smallest absolute Gasteiger partial charge is 0.275 e. The third-order valence-electron chi connectivity index (χ3n) is 5.54. The fraction of sp³-hybridized carbons (Fsp3) is 0.409. The lowest BCUT2D eigenvalue weighted by Crippen LogP contribution is -2.47. The summed E-state index contributed by atoms with van der Waals surface area (Å²) in [6.45, 7) is 5.86. The second kappa shape index (κ2) is 6.30. The molecule has 2 heterocycles. The SMILES string of the molecule is Cc1ccc(N2C3=[N+](CCCCC3)C[C@]2(O)c2ccc(C)cc2)cc1. The Kier molecular flexibility index (Phi) is 4.12. The Labute approximate surface area is 150 Å². The number of anilines is 1. The number of benzene rings is 2. The van der Waals surface area contributed by atoms with Crippen molar-refractivity contribution >= 4 is 11.5 Å². The van der Waals surface area contributed by atoms with Gasteiger partial charge in [-0.15, -0.1) is 0 Å². The Morgan fingerprint density at radius 2 is 1.52 bits per heavy atom. The van der Waals surface area contributed by atoms with E-state index in [-0.39, 0.29) is 0 Å². The summed E-state index contributed by atoms with van der Waals surface area (Å²) in [5.41, 5.74) is 3.50. The van der Waals surface area contributed by atoms with Crippen molar-refractivity contribution in [3.05, 3.63) is 65.2 Å². The first-order valence-electron chi connectivity index (χ1n) is 9.35. The number of aliphatic hydroxyl groups is 1. The molecule has 2 aliphatic rings. The van der Waals surface area contributed by atoms with Crippen molar-refractivity contribution in [1.29, 1.82) is 0 Å². The molecule has 0 aliphatic carbocycles. The summed E-state index contributed by atoms with van der Waals surface area (Å²) in [6.07, 6.45) is 4.69.